The molecule has 1 amide bonds. The Hall–Kier alpha value is -1.55. The zero-order valence-electron chi connectivity index (χ0n) is 12.5. The third-order valence-corrected chi connectivity index (χ3v) is 3.48. The number of benzene rings is 1. The van der Waals surface area contributed by atoms with Gasteiger partial charge in [0.2, 0.25) is 5.91 Å². The minimum absolute atomic E-state index is 0.0966. The van der Waals surface area contributed by atoms with Crippen molar-refractivity contribution in [3.8, 4) is 5.75 Å². The van der Waals surface area contributed by atoms with Crippen LogP contribution in [0.2, 0.25) is 0 Å². The Bertz CT molecular complexity index is 466. The molecule has 1 unspecified atom stereocenters. The molecule has 0 saturated carbocycles. The molecular weight excluding hydrogens is 252 g/mol. The minimum atomic E-state index is 0.0966. The number of hydrogen-bond donors (Lipinski definition) is 2. The molecule has 110 valence electrons. The fourth-order valence-corrected chi connectivity index (χ4v) is 2.47. The van der Waals surface area contributed by atoms with Gasteiger partial charge in [0.05, 0.1) is 6.10 Å². The first-order chi connectivity index (χ1) is 9.54. The second kappa shape index (κ2) is 6.75. The van der Waals surface area contributed by atoms with Crippen LogP contribution in [0.3, 0.4) is 0 Å². The van der Waals surface area contributed by atoms with E-state index in [1.165, 1.54) is 0 Å². The predicted molar refractivity (Wildman–Crippen MR) is 81.2 cm³/mol. The van der Waals surface area contributed by atoms with Crippen LogP contribution >= 0.6 is 0 Å². The Kier molecular flexibility index (Phi) is 5.01. The van der Waals surface area contributed by atoms with Crippen LogP contribution < -0.4 is 15.4 Å². The molecule has 20 heavy (non-hydrogen) atoms. The number of aryl methyl sites for hydroxylation is 1. The summed E-state index contributed by atoms with van der Waals surface area (Å²) in [4.78, 5) is 12.0. The van der Waals surface area contributed by atoms with Crippen molar-refractivity contribution in [2.24, 2.45) is 5.92 Å². The van der Waals surface area contributed by atoms with Gasteiger partial charge < -0.3 is 15.4 Å². The van der Waals surface area contributed by atoms with Crippen LogP contribution in [0.15, 0.2) is 18.2 Å². The Balaban J connectivity index is 1.93. The Morgan fingerprint density at radius 2 is 2.30 bits per heavy atom. The highest BCUT2D eigenvalue weighted by atomic mass is 16.5. The van der Waals surface area contributed by atoms with Crippen LogP contribution in [0.4, 0.5) is 5.69 Å². The average Bonchev–Trinajstić information content (AvgIpc) is 2.84. The molecule has 1 aliphatic rings. The second-order valence-electron chi connectivity index (χ2n) is 5.75. The maximum absolute atomic E-state index is 12.0. The van der Waals surface area contributed by atoms with Crippen LogP contribution in [0.5, 0.6) is 5.75 Å². The SMILES string of the molecule is Cc1cc(OC(C)C)ccc1NC(=O)CC1CCNC1. The van der Waals surface area contributed by atoms with E-state index < -0.39 is 0 Å². The van der Waals surface area contributed by atoms with E-state index in [1.807, 2.05) is 39.0 Å². The number of anilines is 1. The molecule has 1 heterocycles. The number of rotatable bonds is 5. The van der Waals surface area contributed by atoms with E-state index >= 15 is 0 Å². The van der Waals surface area contributed by atoms with E-state index in [1.54, 1.807) is 0 Å². The number of carbonyl (C=O) groups excluding carboxylic acids is 1. The normalized spacial score (nSPS) is 18.3. The van der Waals surface area contributed by atoms with Crippen molar-refractivity contribution in [1.82, 2.24) is 5.32 Å². The van der Waals surface area contributed by atoms with Crippen molar-refractivity contribution in [3.63, 3.8) is 0 Å². The number of amides is 1. The van der Waals surface area contributed by atoms with Crippen molar-refractivity contribution in [1.29, 1.82) is 0 Å². The van der Waals surface area contributed by atoms with Gasteiger partial charge in [-0.1, -0.05) is 0 Å². The first-order valence-electron chi connectivity index (χ1n) is 7.32. The summed E-state index contributed by atoms with van der Waals surface area (Å²) in [7, 11) is 0. The molecule has 1 saturated heterocycles. The molecule has 4 nitrogen and oxygen atoms in total. The summed E-state index contributed by atoms with van der Waals surface area (Å²) in [5.74, 6) is 1.41. The lowest BCUT2D eigenvalue weighted by atomic mass is 10.0. The second-order valence-corrected chi connectivity index (χ2v) is 5.75. The van der Waals surface area contributed by atoms with E-state index in [2.05, 4.69) is 10.6 Å². The smallest absolute Gasteiger partial charge is 0.224 e. The molecular formula is C16H24N2O2. The molecule has 0 spiro atoms. The van der Waals surface area contributed by atoms with Crippen LogP contribution in [0, 0.1) is 12.8 Å². The van der Waals surface area contributed by atoms with E-state index in [4.69, 9.17) is 4.74 Å². The largest absolute Gasteiger partial charge is 0.491 e. The standard InChI is InChI=1S/C16H24N2O2/c1-11(2)20-14-4-5-15(12(3)8-14)18-16(19)9-13-6-7-17-10-13/h4-5,8,11,13,17H,6-7,9-10H2,1-3H3,(H,18,19). The molecule has 1 aromatic carbocycles. The summed E-state index contributed by atoms with van der Waals surface area (Å²) in [6.07, 6.45) is 1.84. The van der Waals surface area contributed by atoms with Crippen molar-refractivity contribution in [3.05, 3.63) is 23.8 Å². The Labute approximate surface area is 120 Å². The molecule has 1 fully saturated rings. The monoisotopic (exact) mass is 276 g/mol. The molecule has 0 aliphatic carbocycles. The van der Waals surface area contributed by atoms with Crippen LogP contribution in [0.1, 0.15) is 32.3 Å². The van der Waals surface area contributed by atoms with Crippen LogP contribution in [0.25, 0.3) is 0 Å². The van der Waals surface area contributed by atoms with E-state index in [0.29, 0.717) is 12.3 Å². The summed E-state index contributed by atoms with van der Waals surface area (Å²) in [6.45, 7) is 7.97. The third kappa shape index (κ3) is 4.23. The summed E-state index contributed by atoms with van der Waals surface area (Å²) < 4.78 is 5.64. The quantitative estimate of drug-likeness (QED) is 0.869. The van der Waals surface area contributed by atoms with Crippen LogP contribution in [-0.2, 0) is 4.79 Å². The Morgan fingerprint density at radius 1 is 1.50 bits per heavy atom. The first-order valence-corrected chi connectivity index (χ1v) is 7.32. The number of carbonyl (C=O) groups is 1. The average molecular weight is 276 g/mol. The lowest BCUT2D eigenvalue weighted by Gasteiger charge is -2.14. The van der Waals surface area contributed by atoms with Gasteiger partial charge >= 0.3 is 0 Å². The fraction of sp³-hybridized carbons (Fsp3) is 0.562. The van der Waals surface area contributed by atoms with E-state index in [-0.39, 0.29) is 12.0 Å². The molecule has 0 aromatic heterocycles. The van der Waals surface area contributed by atoms with Crippen molar-refractivity contribution in [2.75, 3.05) is 18.4 Å². The molecule has 2 N–H and O–H groups in total. The first kappa shape index (κ1) is 14.9. The molecule has 2 rings (SSSR count). The van der Waals surface area contributed by atoms with Crippen molar-refractivity contribution in [2.45, 2.75) is 39.7 Å². The fourth-order valence-electron chi connectivity index (χ4n) is 2.47. The molecule has 1 aromatic rings. The molecule has 4 heteroatoms. The predicted octanol–water partition coefficient (Wildman–Crippen LogP) is 2.72. The maximum Gasteiger partial charge on any atom is 0.224 e. The van der Waals surface area contributed by atoms with Gasteiger partial charge in [0.15, 0.2) is 0 Å². The zero-order valence-corrected chi connectivity index (χ0v) is 12.5. The van der Waals surface area contributed by atoms with Crippen molar-refractivity contribution < 1.29 is 9.53 Å². The lowest BCUT2D eigenvalue weighted by molar-refractivity contribution is -0.116. The van der Waals surface area contributed by atoms with Gasteiger partial charge in [-0.05, 0) is 70.0 Å². The topological polar surface area (TPSA) is 50.4 Å². The summed E-state index contributed by atoms with van der Waals surface area (Å²) in [5.41, 5.74) is 1.90. The maximum atomic E-state index is 12.0. The number of nitrogens with one attached hydrogen (secondary N) is 2. The van der Waals surface area contributed by atoms with Gasteiger partial charge in [-0.3, -0.25) is 4.79 Å². The molecule has 0 bridgehead atoms. The lowest BCUT2D eigenvalue weighted by Crippen LogP contribution is -2.18. The van der Waals surface area contributed by atoms with Crippen molar-refractivity contribution >= 4 is 11.6 Å². The number of hydrogen-bond acceptors (Lipinski definition) is 3. The highest BCUT2D eigenvalue weighted by molar-refractivity contribution is 5.91. The van der Waals surface area contributed by atoms with Crippen LogP contribution in [-0.4, -0.2) is 25.1 Å². The van der Waals surface area contributed by atoms with Gasteiger partial charge in [-0.15, -0.1) is 0 Å². The summed E-state index contributed by atoms with van der Waals surface area (Å²) in [5, 5.41) is 6.28. The Morgan fingerprint density at radius 3 is 2.90 bits per heavy atom. The van der Waals surface area contributed by atoms with E-state index in [9.17, 15) is 4.79 Å². The summed E-state index contributed by atoms with van der Waals surface area (Å²) >= 11 is 0. The zero-order chi connectivity index (χ0) is 14.5. The summed E-state index contributed by atoms with van der Waals surface area (Å²) in [6, 6.07) is 5.78. The molecule has 0 radical (unpaired) electrons. The minimum Gasteiger partial charge on any atom is -0.491 e. The highest BCUT2D eigenvalue weighted by Crippen LogP contribution is 2.23. The molecule has 1 aliphatic heterocycles. The van der Waals surface area contributed by atoms with Gasteiger partial charge in [0, 0.05) is 12.1 Å². The van der Waals surface area contributed by atoms with Gasteiger partial charge in [0.25, 0.3) is 0 Å². The highest BCUT2D eigenvalue weighted by Gasteiger charge is 2.18. The van der Waals surface area contributed by atoms with Gasteiger partial charge in [0.1, 0.15) is 5.75 Å². The van der Waals surface area contributed by atoms with Gasteiger partial charge in [-0.25, -0.2) is 0 Å². The van der Waals surface area contributed by atoms with E-state index in [0.717, 1.165) is 36.5 Å². The van der Waals surface area contributed by atoms with Gasteiger partial charge in [-0.2, -0.15) is 0 Å². The molecule has 1 atom stereocenters. The number of ether oxygens (including phenoxy) is 1. The third-order valence-electron chi connectivity index (χ3n) is 3.48.